The quantitative estimate of drug-likeness (QED) is 0.781. The maximum atomic E-state index is 2.60. The molecule has 1 saturated heterocycles. The summed E-state index contributed by atoms with van der Waals surface area (Å²) in [6.07, 6.45) is 4.12. The van der Waals surface area contributed by atoms with Crippen molar-refractivity contribution in [1.29, 1.82) is 0 Å². The standard InChI is InChI=1S/C19H23N/c1-16-10-11-18(17-8-4-2-5-9-17)14-19(16)15-20-12-6-3-7-13-20/h2,4-5,8-11,14H,3,6-7,12-13,15H2,1H3. The predicted octanol–water partition coefficient (Wildman–Crippen LogP) is 4.65. The van der Waals surface area contributed by atoms with Gasteiger partial charge in [0.2, 0.25) is 0 Å². The van der Waals surface area contributed by atoms with E-state index in [4.69, 9.17) is 0 Å². The van der Waals surface area contributed by atoms with Crippen molar-refractivity contribution in [3.63, 3.8) is 0 Å². The number of piperidine rings is 1. The molecule has 0 aliphatic carbocycles. The fourth-order valence-electron chi connectivity index (χ4n) is 3.01. The Hall–Kier alpha value is -1.60. The van der Waals surface area contributed by atoms with Crippen LogP contribution in [0, 0.1) is 6.92 Å². The van der Waals surface area contributed by atoms with Crippen molar-refractivity contribution in [2.24, 2.45) is 0 Å². The first-order valence-corrected chi connectivity index (χ1v) is 7.70. The topological polar surface area (TPSA) is 3.24 Å². The summed E-state index contributed by atoms with van der Waals surface area (Å²) in [5, 5.41) is 0. The first kappa shape index (κ1) is 13.4. The Morgan fingerprint density at radius 1 is 0.850 bits per heavy atom. The molecule has 0 atom stereocenters. The van der Waals surface area contributed by atoms with Gasteiger partial charge in [0, 0.05) is 6.54 Å². The van der Waals surface area contributed by atoms with Crippen molar-refractivity contribution < 1.29 is 0 Å². The maximum Gasteiger partial charge on any atom is 0.0236 e. The number of aryl methyl sites for hydroxylation is 1. The van der Waals surface area contributed by atoms with E-state index in [0.29, 0.717) is 0 Å². The van der Waals surface area contributed by atoms with Crippen LogP contribution in [0.3, 0.4) is 0 Å². The Morgan fingerprint density at radius 3 is 2.35 bits per heavy atom. The molecule has 0 aromatic heterocycles. The summed E-state index contributed by atoms with van der Waals surface area (Å²) in [4.78, 5) is 2.60. The van der Waals surface area contributed by atoms with E-state index in [1.165, 1.54) is 54.6 Å². The van der Waals surface area contributed by atoms with Crippen LogP contribution in [0.1, 0.15) is 30.4 Å². The first-order valence-electron chi connectivity index (χ1n) is 7.70. The van der Waals surface area contributed by atoms with Crippen LogP contribution < -0.4 is 0 Å². The molecule has 1 aliphatic heterocycles. The smallest absolute Gasteiger partial charge is 0.0236 e. The van der Waals surface area contributed by atoms with Crippen molar-refractivity contribution in [3.8, 4) is 11.1 Å². The first-order chi connectivity index (χ1) is 9.83. The molecule has 2 aromatic carbocycles. The Labute approximate surface area is 122 Å². The average molecular weight is 265 g/mol. The summed E-state index contributed by atoms with van der Waals surface area (Å²) in [6, 6.07) is 17.6. The van der Waals surface area contributed by atoms with E-state index < -0.39 is 0 Å². The molecule has 0 saturated carbocycles. The molecule has 0 spiro atoms. The van der Waals surface area contributed by atoms with Crippen LogP contribution in [-0.2, 0) is 6.54 Å². The van der Waals surface area contributed by atoms with Crippen LogP contribution in [0.5, 0.6) is 0 Å². The fraction of sp³-hybridized carbons (Fsp3) is 0.368. The van der Waals surface area contributed by atoms with Crippen LogP contribution in [0.15, 0.2) is 48.5 Å². The Balaban J connectivity index is 1.83. The lowest BCUT2D eigenvalue weighted by atomic mass is 9.99. The van der Waals surface area contributed by atoms with Gasteiger partial charge < -0.3 is 0 Å². The van der Waals surface area contributed by atoms with Crippen molar-refractivity contribution in [2.45, 2.75) is 32.7 Å². The van der Waals surface area contributed by atoms with Gasteiger partial charge in [-0.05, 0) is 61.2 Å². The van der Waals surface area contributed by atoms with Gasteiger partial charge in [0.15, 0.2) is 0 Å². The van der Waals surface area contributed by atoms with Gasteiger partial charge in [-0.1, -0.05) is 48.9 Å². The largest absolute Gasteiger partial charge is 0.299 e. The van der Waals surface area contributed by atoms with Gasteiger partial charge in [-0.3, -0.25) is 4.90 Å². The normalized spacial score (nSPS) is 16.2. The van der Waals surface area contributed by atoms with E-state index in [0.717, 1.165) is 6.54 Å². The van der Waals surface area contributed by atoms with Gasteiger partial charge in [0.1, 0.15) is 0 Å². The summed E-state index contributed by atoms with van der Waals surface area (Å²) in [5.41, 5.74) is 5.54. The number of benzene rings is 2. The molecule has 104 valence electrons. The SMILES string of the molecule is Cc1ccc(-c2ccccc2)cc1CN1CCCCC1. The zero-order valence-corrected chi connectivity index (χ0v) is 12.3. The van der Waals surface area contributed by atoms with Crippen molar-refractivity contribution in [2.75, 3.05) is 13.1 Å². The van der Waals surface area contributed by atoms with Crippen molar-refractivity contribution in [1.82, 2.24) is 4.90 Å². The summed E-state index contributed by atoms with van der Waals surface area (Å²) >= 11 is 0. The van der Waals surface area contributed by atoms with E-state index >= 15 is 0 Å². The van der Waals surface area contributed by atoms with Gasteiger partial charge in [0.05, 0.1) is 0 Å². The van der Waals surface area contributed by atoms with Gasteiger partial charge in [0.25, 0.3) is 0 Å². The molecule has 0 N–H and O–H groups in total. The number of hydrogen-bond acceptors (Lipinski definition) is 1. The Morgan fingerprint density at radius 2 is 1.60 bits per heavy atom. The third-order valence-electron chi connectivity index (χ3n) is 4.30. The lowest BCUT2D eigenvalue weighted by Crippen LogP contribution is -2.29. The minimum absolute atomic E-state index is 1.10. The van der Waals surface area contributed by atoms with Gasteiger partial charge in [-0.25, -0.2) is 0 Å². The second kappa shape index (κ2) is 6.23. The molecular formula is C19H23N. The van der Waals surface area contributed by atoms with E-state index in [1.807, 2.05) is 0 Å². The molecule has 3 rings (SSSR count). The highest BCUT2D eigenvalue weighted by Gasteiger charge is 2.12. The Kier molecular flexibility index (Phi) is 4.17. The lowest BCUT2D eigenvalue weighted by Gasteiger charge is -2.27. The third-order valence-corrected chi connectivity index (χ3v) is 4.30. The highest BCUT2D eigenvalue weighted by Crippen LogP contribution is 2.24. The third kappa shape index (κ3) is 3.10. The summed E-state index contributed by atoms with van der Waals surface area (Å²) < 4.78 is 0. The minimum atomic E-state index is 1.10. The molecule has 0 unspecified atom stereocenters. The maximum absolute atomic E-state index is 2.60. The molecule has 1 fully saturated rings. The summed E-state index contributed by atoms with van der Waals surface area (Å²) in [6.45, 7) is 5.85. The lowest BCUT2D eigenvalue weighted by molar-refractivity contribution is 0.220. The highest BCUT2D eigenvalue weighted by atomic mass is 15.1. The summed E-state index contributed by atoms with van der Waals surface area (Å²) in [7, 11) is 0. The molecular weight excluding hydrogens is 242 g/mol. The molecule has 2 aromatic rings. The Bertz CT molecular complexity index is 553. The molecule has 1 aliphatic rings. The molecule has 20 heavy (non-hydrogen) atoms. The average Bonchev–Trinajstić information content (AvgIpc) is 2.51. The van der Waals surface area contributed by atoms with Crippen LogP contribution in [-0.4, -0.2) is 18.0 Å². The second-order valence-electron chi connectivity index (χ2n) is 5.84. The monoisotopic (exact) mass is 265 g/mol. The molecule has 1 heterocycles. The zero-order valence-electron chi connectivity index (χ0n) is 12.3. The number of likely N-dealkylation sites (tertiary alicyclic amines) is 1. The van der Waals surface area contributed by atoms with Gasteiger partial charge in [-0.2, -0.15) is 0 Å². The number of nitrogens with zero attached hydrogens (tertiary/aromatic N) is 1. The van der Waals surface area contributed by atoms with E-state index in [1.54, 1.807) is 0 Å². The molecule has 0 amide bonds. The van der Waals surface area contributed by atoms with Crippen LogP contribution >= 0.6 is 0 Å². The highest BCUT2D eigenvalue weighted by molar-refractivity contribution is 5.64. The molecule has 0 radical (unpaired) electrons. The molecule has 1 nitrogen and oxygen atoms in total. The molecule has 0 bridgehead atoms. The predicted molar refractivity (Wildman–Crippen MR) is 85.7 cm³/mol. The van der Waals surface area contributed by atoms with Gasteiger partial charge in [-0.15, -0.1) is 0 Å². The van der Waals surface area contributed by atoms with E-state index in [2.05, 4.69) is 60.4 Å². The van der Waals surface area contributed by atoms with Crippen molar-refractivity contribution in [3.05, 3.63) is 59.7 Å². The fourth-order valence-corrected chi connectivity index (χ4v) is 3.01. The zero-order chi connectivity index (χ0) is 13.8. The summed E-state index contributed by atoms with van der Waals surface area (Å²) in [5.74, 6) is 0. The molecule has 1 heteroatoms. The van der Waals surface area contributed by atoms with Crippen LogP contribution in [0.2, 0.25) is 0 Å². The van der Waals surface area contributed by atoms with E-state index in [-0.39, 0.29) is 0 Å². The van der Waals surface area contributed by atoms with Crippen LogP contribution in [0.25, 0.3) is 11.1 Å². The van der Waals surface area contributed by atoms with Crippen LogP contribution in [0.4, 0.5) is 0 Å². The second-order valence-corrected chi connectivity index (χ2v) is 5.84. The minimum Gasteiger partial charge on any atom is -0.299 e. The van der Waals surface area contributed by atoms with Gasteiger partial charge >= 0.3 is 0 Å². The number of rotatable bonds is 3. The number of hydrogen-bond donors (Lipinski definition) is 0. The van der Waals surface area contributed by atoms with Crippen molar-refractivity contribution >= 4 is 0 Å². The van der Waals surface area contributed by atoms with E-state index in [9.17, 15) is 0 Å².